The fourth-order valence-corrected chi connectivity index (χ4v) is 2.67. The first kappa shape index (κ1) is 13.0. The predicted octanol–water partition coefficient (Wildman–Crippen LogP) is 3.10. The molecule has 2 rings (SSSR count). The van der Waals surface area contributed by atoms with E-state index in [4.69, 9.17) is 5.26 Å². The van der Waals surface area contributed by atoms with Crippen LogP contribution in [0, 0.1) is 24.1 Å². The summed E-state index contributed by atoms with van der Waals surface area (Å²) >= 11 is 0. The molecular formula is C15H18FN2. The third kappa shape index (κ3) is 2.88. The zero-order chi connectivity index (χ0) is 13.0. The Balaban J connectivity index is 2.08. The van der Waals surface area contributed by atoms with Crippen LogP contribution >= 0.6 is 0 Å². The van der Waals surface area contributed by atoms with Crippen molar-refractivity contribution in [2.75, 3.05) is 19.6 Å². The van der Waals surface area contributed by atoms with Crippen molar-refractivity contribution in [3.8, 4) is 6.07 Å². The van der Waals surface area contributed by atoms with Crippen molar-refractivity contribution in [3.63, 3.8) is 0 Å². The second-order valence-corrected chi connectivity index (χ2v) is 4.81. The fourth-order valence-electron chi connectivity index (χ4n) is 2.67. The van der Waals surface area contributed by atoms with Gasteiger partial charge in [-0.05, 0) is 62.5 Å². The smallest absolute Gasteiger partial charge is 0.124 e. The molecule has 18 heavy (non-hydrogen) atoms. The van der Waals surface area contributed by atoms with E-state index in [9.17, 15) is 4.39 Å². The largest absolute Gasteiger partial charge is 0.303 e. The highest BCUT2D eigenvalue weighted by molar-refractivity contribution is 5.40. The summed E-state index contributed by atoms with van der Waals surface area (Å²) in [5, 5.41) is 9.07. The summed E-state index contributed by atoms with van der Waals surface area (Å²) in [5.74, 6) is 0.0612. The predicted molar refractivity (Wildman–Crippen MR) is 69.5 cm³/mol. The Hall–Kier alpha value is -1.40. The molecule has 0 atom stereocenters. The molecule has 0 spiro atoms. The van der Waals surface area contributed by atoms with Crippen molar-refractivity contribution < 1.29 is 4.39 Å². The number of benzene rings is 1. The molecule has 0 bridgehead atoms. The minimum absolute atomic E-state index is 0.329. The molecule has 0 N–H and O–H groups in total. The molecule has 0 saturated carbocycles. The van der Waals surface area contributed by atoms with Crippen LogP contribution in [0.4, 0.5) is 4.39 Å². The van der Waals surface area contributed by atoms with Crippen molar-refractivity contribution in [1.82, 2.24) is 4.90 Å². The summed E-state index contributed by atoms with van der Waals surface area (Å²) in [7, 11) is 0. The lowest BCUT2D eigenvalue weighted by Gasteiger charge is -2.32. The molecule has 2 nitrogen and oxygen atoms in total. The highest BCUT2D eigenvalue weighted by Gasteiger charge is 2.22. The highest BCUT2D eigenvalue weighted by Crippen LogP contribution is 2.30. The number of rotatable bonds is 3. The molecule has 0 amide bonds. The Labute approximate surface area is 108 Å². The van der Waals surface area contributed by atoms with Crippen molar-refractivity contribution in [2.45, 2.75) is 25.2 Å². The summed E-state index contributed by atoms with van der Waals surface area (Å²) in [6.45, 7) is 7.00. The van der Waals surface area contributed by atoms with Crippen molar-refractivity contribution in [3.05, 3.63) is 42.1 Å². The first-order valence-electron chi connectivity index (χ1n) is 6.45. The molecule has 1 heterocycles. The van der Waals surface area contributed by atoms with Crippen LogP contribution < -0.4 is 0 Å². The van der Waals surface area contributed by atoms with Crippen molar-refractivity contribution in [1.29, 1.82) is 5.26 Å². The maximum atomic E-state index is 13.1. The number of nitriles is 1. The molecule has 1 saturated heterocycles. The number of nitrogens with zero attached hydrogens (tertiary/aromatic N) is 2. The number of halogens is 1. The van der Waals surface area contributed by atoms with Crippen molar-refractivity contribution in [2.24, 2.45) is 0 Å². The molecule has 1 aliphatic rings. The topological polar surface area (TPSA) is 27.0 Å². The average molecular weight is 245 g/mol. The van der Waals surface area contributed by atoms with E-state index < -0.39 is 0 Å². The normalized spacial score (nSPS) is 17.6. The third-order valence-corrected chi connectivity index (χ3v) is 3.64. The van der Waals surface area contributed by atoms with E-state index in [0.29, 0.717) is 11.5 Å². The highest BCUT2D eigenvalue weighted by atomic mass is 19.1. The third-order valence-electron chi connectivity index (χ3n) is 3.64. The van der Waals surface area contributed by atoms with E-state index in [-0.39, 0.29) is 5.82 Å². The molecule has 95 valence electrons. The lowest BCUT2D eigenvalue weighted by Crippen LogP contribution is -2.33. The van der Waals surface area contributed by atoms with E-state index in [2.05, 4.69) is 17.9 Å². The zero-order valence-corrected chi connectivity index (χ0v) is 10.5. The van der Waals surface area contributed by atoms with Gasteiger partial charge in [-0.2, -0.15) is 5.26 Å². The summed E-state index contributed by atoms with van der Waals surface area (Å²) < 4.78 is 13.1. The lowest BCUT2D eigenvalue weighted by atomic mass is 9.86. The van der Waals surface area contributed by atoms with Crippen LogP contribution in [-0.2, 0) is 0 Å². The molecule has 1 radical (unpaired) electrons. The zero-order valence-electron chi connectivity index (χ0n) is 10.5. The van der Waals surface area contributed by atoms with E-state index >= 15 is 0 Å². The van der Waals surface area contributed by atoms with Gasteiger partial charge in [0.05, 0.1) is 11.6 Å². The Morgan fingerprint density at radius 1 is 1.39 bits per heavy atom. The van der Waals surface area contributed by atoms with Gasteiger partial charge in [-0.15, -0.1) is 0 Å². The maximum Gasteiger partial charge on any atom is 0.124 e. The van der Waals surface area contributed by atoms with E-state index in [0.717, 1.165) is 44.5 Å². The van der Waals surface area contributed by atoms with Crippen LogP contribution in [0.5, 0.6) is 0 Å². The van der Waals surface area contributed by atoms with E-state index in [1.54, 1.807) is 6.07 Å². The lowest BCUT2D eigenvalue weighted by molar-refractivity contribution is 0.215. The molecule has 1 fully saturated rings. The number of likely N-dealkylation sites (tertiary alicyclic amines) is 1. The Morgan fingerprint density at radius 2 is 2.11 bits per heavy atom. The van der Waals surface area contributed by atoms with Gasteiger partial charge in [0, 0.05) is 0 Å². The van der Waals surface area contributed by atoms with Crippen LogP contribution in [0.1, 0.15) is 36.3 Å². The second kappa shape index (κ2) is 5.97. The van der Waals surface area contributed by atoms with Gasteiger partial charge in [0.25, 0.3) is 0 Å². The van der Waals surface area contributed by atoms with E-state index in [1.165, 1.54) is 12.1 Å². The number of piperidine rings is 1. The molecule has 1 aromatic rings. The SMILES string of the molecule is [CH2]CCN1CCC(c2ccc(F)cc2C#N)CC1. The minimum Gasteiger partial charge on any atom is -0.303 e. The number of hydrogen-bond acceptors (Lipinski definition) is 2. The van der Waals surface area contributed by atoms with Gasteiger partial charge in [-0.25, -0.2) is 4.39 Å². The monoisotopic (exact) mass is 245 g/mol. The first-order valence-corrected chi connectivity index (χ1v) is 6.45. The van der Waals surface area contributed by atoms with Crippen LogP contribution in [0.2, 0.25) is 0 Å². The molecule has 1 aliphatic heterocycles. The van der Waals surface area contributed by atoms with Gasteiger partial charge >= 0.3 is 0 Å². The number of hydrogen-bond donors (Lipinski definition) is 0. The average Bonchev–Trinajstić information content (AvgIpc) is 2.40. The molecule has 0 unspecified atom stereocenters. The van der Waals surface area contributed by atoms with Crippen LogP contribution in [0.25, 0.3) is 0 Å². The molecule has 0 aliphatic carbocycles. The summed E-state index contributed by atoms with van der Waals surface area (Å²) in [5.41, 5.74) is 1.50. The minimum atomic E-state index is -0.329. The summed E-state index contributed by atoms with van der Waals surface area (Å²) in [4.78, 5) is 2.40. The molecular weight excluding hydrogens is 227 g/mol. The molecule has 0 aromatic heterocycles. The van der Waals surface area contributed by atoms with E-state index in [1.807, 2.05) is 0 Å². The standard InChI is InChI=1S/C15H18FN2/c1-2-7-18-8-5-12(6-9-18)15-4-3-14(16)10-13(15)11-17/h3-4,10,12H,1-2,5-9H2. The maximum absolute atomic E-state index is 13.1. The van der Waals surface area contributed by atoms with Crippen LogP contribution in [0.3, 0.4) is 0 Å². The van der Waals surface area contributed by atoms with Crippen molar-refractivity contribution >= 4 is 0 Å². The van der Waals surface area contributed by atoms with Gasteiger partial charge in [-0.1, -0.05) is 13.0 Å². The summed E-state index contributed by atoms with van der Waals surface area (Å²) in [6, 6.07) is 6.68. The quantitative estimate of drug-likeness (QED) is 0.818. The van der Waals surface area contributed by atoms with Gasteiger partial charge in [0.2, 0.25) is 0 Å². The second-order valence-electron chi connectivity index (χ2n) is 4.81. The Kier molecular flexibility index (Phi) is 4.33. The molecule has 3 heteroatoms. The van der Waals surface area contributed by atoms with Crippen LogP contribution in [0.15, 0.2) is 18.2 Å². The van der Waals surface area contributed by atoms with Gasteiger partial charge in [-0.3, -0.25) is 0 Å². The Morgan fingerprint density at radius 3 is 2.72 bits per heavy atom. The van der Waals surface area contributed by atoms with Gasteiger partial charge in [0.1, 0.15) is 5.82 Å². The molecule has 1 aromatic carbocycles. The van der Waals surface area contributed by atoms with Gasteiger partial charge in [0.15, 0.2) is 0 Å². The Bertz CT molecular complexity index is 442. The van der Waals surface area contributed by atoms with Crippen LogP contribution in [-0.4, -0.2) is 24.5 Å². The summed E-state index contributed by atoms with van der Waals surface area (Å²) in [6.07, 6.45) is 3.02. The van der Waals surface area contributed by atoms with Gasteiger partial charge < -0.3 is 4.90 Å². The fraction of sp³-hybridized carbons (Fsp3) is 0.467. The first-order chi connectivity index (χ1) is 8.74.